The molecule has 4 nitrogen and oxygen atoms in total. The standard InChI is InChI=1S/C53H35N3OSi/c1-3-13-38(14-4-1)58(39-15-5-2-6-16-39,40-27-23-36(24-28-40)55-49-21-11-8-18-43(49)47-35-54-32-31-50(47)55)41-29-25-37(26-30-41)56-48-20-10-7-17-42(48)45-33-46-44-19-9-12-22-52(44)57-53(46)34-51(45)56/h1-35H. The van der Waals surface area contributed by atoms with E-state index in [1.54, 1.807) is 0 Å². The zero-order valence-electron chi connectivity index (χ0n) is 31.5. The number of nitrogens with zero attached hydrogens (tertiary/aromatic N) is 3. The first-order valence-corrected chi connectivity index (χ1v) is 21.8. The zero-order chi connectivity index (χ0) is 38.2. The second kappa shape index (κ2) is 12.8. The van der Waals surface area contributed by atoms with Crippen molar-refractivity contribution in [3.8, 4) is 11.4 Å². The minimum absolute atomic E-state index is 0.898. The Balaban J connectivity index is 1.06. The number of aromatic nitrogens is 3. The molecule has 0 aliphatic rings. The summed E-state index contributed by atoms with van der Waals surface area (Å²) >= 11 is 0. The maximum Gasteiger partial charge on any atom is 0.179 e. The number of pyridine rings is 1. The van der Waals surface area contributed by atoms with Crippen LogP contribution in [0.1, 0.15) is 0 Å². The van der Waals surface area contributed by atoms with Crippen LogP contribution < -0.4 is 20.7 Å². The van der Waals surface area contributed by atoms with Gasteiger partial charge in [0.2, 0.25) is 0 Å². The van der Waals surface area contributed by atoms with E-state index in [1.165, 1.54) is 47.9 Å². The highest BCUT2D eigenvalue weighted by Crippen LogP contribution is 2.38. The Morgan fingerprint density at radius 2 is 0.828 bits per heavy atom. The first-order valence-electron chi connectivity index (χ1n) is 19.8. The summed E-state index contributed by atoms with van der Waals surface area (Å²) in [7, 11) is -2.83. The molecule has 0 amide bonds. The Hall–Kier alpha value is -7.47. The lowest BCUT2D eigenvalue weighted by atomic mass is 10.1. The number of furan rings is 1. The SMILES string of the molecule is c1ccc([Si](c2ccccc2)(c2ccc(-n3c4ccccc4c4cnccc43)cc2)c2ccc(-n3c4ccccc4c4cc5c(cc43)oc3ccccc35)cc2)cc1. The number of benzene rings is 8. The van der Waals surface area contributed by atoms with Crippen LogP contribution in [0.4, 0.5) is 0 Å². The second-order valence-corrected chi connectivity index (χ2v) is 18.9. The summed E-state index contributed by atoms with van der Waals surface area (Å²) in [6, 6.07) is 73.4. The predicted molar refractivity (Wildman–Crippen MR) is 244 cm³/mol. The minimum atomic E-state index is -2.83. The van der Waals surface area contributed by atoms with Gasteiger partial charge in [-0.3, -0.25) is 4.98 Å². The molecular weight excluding hydrogens is 723 g/mol. The molecule has 0 N–H and O–H groups in total. The van der Waals surface area contributed by atoms with Crippen molar-refractivity contribution in [3.05, 3.63) is 213 Å². The van der Waals surface area contributed by atoms with Gasteiger partial charge in [0.05, 0.1) is 22.1 Å². The van der Waals surface area contributed by atoms with Gasteiger partial charge in [0.25, 0.3) is 0 Å². The van der Waals surface area contributed by atoms with Crippen LogP contribution in [0.2, 0.25) is 0 Å². The Kier molecular flexibility index (Phi) is 7.21. The highest BCUT2D eigenvalue weighted by atomic mass is 28.3. The van der Waals surface area contributed by atoms with Gasteiger partial charge in [-0.15, -0.1) is 0 Å². The van der Waals surface area contributed by atoms with Crippen molar-refractivity contribution >= 4 is 94.4 Å². The zero-order valence-corrected chi connectivity index (χ0v) is 32.5. The van der Waals surface area contributed by atoms with Gasteiger partial charge in [0.15, 0.2) is 8.07 Å². The lowest BCUT2D eigenvalue weighted by molar-refractivity contribution is 0.669. The number of fused-ring (bicyclic) bond motifs is 9. The lowest BCUT2D eigenvalue weighted by Crippen LogP contribution is -2.74. The summed E-state index contributed by atoms with van der Waals surface area (Å²) in [5.41, 5.74) is 8.69. The molecule has 0 saturated heterocycles. The van der Waals surface area contributed by atoms with Crippen LogP contribution in [-0.2, 0) is 0 Å². The molecule has 12 rings (SSSR count). The average Bonchev–Trinajstić information content (AvgIpc) is 3.94. The van der Waals surface area contributed by atoms with Gasteiger partial charge >= 0.3 is 0 Å². The Morgan fingerprint density at radius 1 is 0.345 bits per heavy atom. The fourth-order valence-electron chi connectivity index (χ4n) is 9.66. The molecule has 0 spiro atoms. The monoisotopic (exact) mass is 757 g/mol. The van der Waals surface area contributed by atoms with Crippen LogP contribution in [0.5, 0.6) is 0 Å². The van der Waals surface area contributed by atoms with Gasteiger partial charge in [-0.25, -0.2) is 0 Å². The molecule has 12 aromatic rings. The Bertz CT molecular complexity index is 3400. The van der Waals surface area contributed by atoms with E-state index in [9.17, 15) is 0 Å². The second-order valence-electron chi connectivity index (χ2n) is 15.1. The Labute approximate surface area is 335 Å². The van der Waals surface area contributed by atoms with Gasteiger partial charge in [-0.2, -0.15) is 0 Å². The van der Waals surface area contributed by atoms with Gasteiger partial charge in [0, 0.05) is 62.2 Å². The smallest absolute Gasteiger partial charge is 0.179 e. The van der Waals surface area contributed by atoms with E-state index < -0.39 is 8.07 Å². The molecule has 0 unspecified atom stereocenters. The number of para-hydroxylation sites is 3. The summed E-state index contributed by atoms with van der Waals surface area (Å²) in [5.74, 6) is 0. The highest BCUT2D eigenvalue weighted by Gasteiger charge is 2.41. The quantitative estimate of drug-likeness (QED) is 0.125. The number of hydrogen-bond acceptors (Lipinski definition) is 2. The fraction of sp³-hybridized carbons (Fsp3) is 0. The largest absolute Gasteiger partial charge is 0.456 e. The van der Waals surface area contributed by atoms with Crippen LogP contribution in [0, 0.1) is 0 Å². The lowest BCUT2D eigenvalue weighted by Gasteiger charge is -2.34. The van der Waals surface area contributed by atoms with E-state index in [-0.39, 0.29) is 0 Å². The van der Waals surface area contributed by atoms with Crippen LogP contribution in [-0.4, -0.2) is 22.2 Å². The molecule has 8 aromatic carbocycles. The van der Waals surface area contributed by atoms with E-state index in [4.69, 9.17) is 4.42 Å². The molecule has 4 aromatic heterocycles. The molecule has 272 valence electrons. The van der Waals surface area contributed by atoms with Crippen molar-refractivity contribution in [3.63, 3.8) is 0 Å². The predicted octanol–water partition coefficient (Wildman–Crippen LogP) is 10.6. The van der Waals surface area contributed by atoms with Gasteiger partial charge < -0.3 is 13.6 Å². The van der Waals surface area contributed by atoms with E-state index in [1.807, 2.05) is 18.5 Å². The van der Waals surface area contributed by atoms with Crippen LogP contribution in [0.3, 0.4) is 0 Å². The number of rotatable bonds is 6. The molecule has 0 atom stereocenters. The summed E-state index contributed by atoms with van der Waals surface area (Å²) < 4.78 is 11.2. The molecule has 0 aliphatic heterocycles. The van der Waals surface area contributed by atoms with Crippen molar-refractivity contribution in [1.29, 1.82) is 0 Å². The molecule has 0 radical (unpaired) electrons. The van der Waals surface area contributed by atoms with E-state index in [2.05, 4.69) is 208 Å². The van der Waals surface area contributed by atoms with Crippen molar-refractivity contribution in [1.82, 2.24) is 14.1 Å². The average molecular weight is 758 g/mol. The molecular formula is C53H35N3OSi. The van der Waals surface area contributed by atoms with Crippen molar-refractivity contribution in [2.75, 3.05) is 0 Å². The molecule has 5 heteroatoms. The van der Waals surface area contributed by atoms with Crippen LogP contribution >= 0.6 is 0 Å². The maximum atomic E-state index is 6.42. The molecule has 58 heavy (non-hydrogen) atoms. The third kappa shape index (κ3) is 4.71. The van der Waals surface area contributed by atoms with Gasteiger partial charge in [-0.05, 0) is 75.3 Å². The van der Waals surface area contributed by atoms with Crippen molar-refractivity contribution in [2.45, 2.75) is 0 Å². The molecule has 4 heterocycles. The fourth-order valence-corrected chi connectivity index (χ4v) is 14.4. The van der Waals surface area contributed by atoms with E-state index >= 15 is 0 Å². The Morgan fingerprint density at radius 3 is 1.45 bits per heavy atom. The molecule has 0 bridgehead atoms. The topological polar surface area (TPSA) is 35.9 Å². The molecule has 0 fully saturated rings. The van der Waals surface area contributed by atoms with E-state index in [0.717, 1.165) is 49.7 Å². The third-order valence-corrected chi connectivity index (χ3v) is 17.0. The summed E-state index contributed by atoms with van der Waals surface area (Å²) in [6.45, 7) is 0. The number of hydrogen-bond donors (Lipinski definition) is 0. The van der Waals surface area contributed by atoms with Gasteiger partial charge in [-0.1, -0.05) is 140 Å². The molecule has 0 aliphatic carbocycles. The normalized spacial score (nSPS) is 12.1. The van der Waals surface area contributed by atoms with Crippen molar-refractivity contribution < 1.29 is 4.42 Å². The maximum absolute atomic E-state index is 6.42. The molecule has 0 saturated carbocycles. The van der Waals surface area contributed by atoms with E-state index in [0.29, 0.717) is 0 Å². The van der Waals surface area contributed by atoms with Gasteiger partial charge in [0.1, 0.15) is 11.2 Å². The summed E-state index contributed by atoms with van der Waals surface area (Å²) in [5, 5.41) is 12.4. The van der Waals surface area contributed by atoms with Crippen LogP contribution in [0.25, 0.3) is 76.9 Å². The van der Waals surface area contributed by atoms with Crippen molar-refractivity contribution in [2.24, 2.45) is 0 Å². The first kappa shape index (κ1) is 32.7. The highest BCUT2D eigenvalue weighted by molar-refractivity contribution is 7.19. The van der Waals surface area contributed by atoms with Crippen LogP contribution in [0.15, 0.2) is 217 Å². The summed E-state index contributed by atoms with van der Waals surface area (Å²) in [4.78, 5) is 4.48. The third-order valence-electron chi connectivity index (χ3n) is 12.2. The minimum Gasteiger partial charge on any atom is -0.456 e. The first-order chi connectivity index (χ1) is 28.8. The summed E-state index contributed by atoms with van der Waals surface area (Å²) in [6.07, 6.45) is 3.87.